The molecule has 1 N–H and O–H groups in total. The molecule has 0 bridgehead atoms. The van der Waals surface area contributed by atoms with Crippen LogP contribution in [0.3, 0.4) is 0 Å². The van der Waals surface area contributed by atoms with Gasteiger partial charge in [-0.25, -0.2) is 4.98 Å². The number of aromatic amines is 1. The largest absolute Gasteiger partial charge is 0.495 e. The lowest BCUT2D eigenvalue weighted by Gasteiger charge is -2.19. The number of nitrogens with one attached hydrogen (secondary N) is 1. The molecule has 6 heteroatoms. The molecule has 5 nitrogen and oxygen atoms in total. The number of hydrogen-bond donors (Lipinski definition) is 1. The average Bonchev–Trinajstić information content (AvgIpc) is 3.34. The zero-order valence-corrected chi connectivity index (χ0v) is 14.0. The summed E-state index contributed by atoms with van der Waals surface area (Å²) in [4.78, 5) is 23.3. The van der Waals surface area contributed by atoms with Gasteiger partial charge in [-0.15, -0.1) is 11.3 Å². The molecule has 122 valence electrons. The molecule has 1 saturated heterocycles. The summed E-state index contributed by atoms with van der Waals surface area (Å²) >= 11 is 1.67. The first-order valence-corrected chi connectivity index (χ1v) is 8.66. The smallest absolute Gasteiger partial charge is 0.227 e. The highest BCUT2D eigenvalue weighted by molar-refractivity contribution is 7.13. The second kappa shape index (κ2) is 6.13. The SMILES string of the molecule is COc1ccccc1N1C[C@@H](c2ncc(-c3cccs3)[nH]2)CC1=O. The van der Waals surface area contributed by atoms with Gasteiger partial charge in [-0.2, -0.15) is 0 Å². The number of carbonyl (C=O) groups is 1. The van der Waals surface area contributed by atoms with Gasteiger partial charge in [-0.3, -0.25) is 4.79 Å². The standard InChI is InChI=1S/C18H17N3O2S/c1-23-15-6-3-2-5-14(15)21-11-12(9-17(21)22)18-19-10-13(20-18)16-7-4-8-24-16/h2-8,10,12H,9,11H2,1H3,(H,19,20)/t12-/m0/s1. The van der Waals surface area contributed by atoms with Crippen molar-refractivity contribution < 1.29 is 9.53 Å². The van der Waals surface area contributed by atoms with Crippen molar-refractivity contribution >= 4 is 22.9 Å². The van der Waals surface area contributed by atoms with Crippen molar-refractivity contribution in [1.29, 1.82) is 0 Å². The van der Waals surface area contributed by atoms with Gasteiger partial charge in [0, 0.05) is 18.9 Å². The Morgan fingerprint density at radius 1 is 1.29 bits per heavy atom. The number of amides is 1. The van der Waals surface area contributed by atoms with E-state index in [0.717, 1.165) is 22.1 Å². The molecule has 1 aliphatic heterocycles. The lowest BCUT2D eigenvalue weighted by molar-refractivity contribution is -0.117. The van der Waals surface area contributed by atoms with Crippen LogP contribution in [0, 0.1) is 0 Å². The third-order valence-electron chi connectivity index (χ3n) is 4.27. The Labute approximate surface area is 143 Å². The quantitative estimate of drug-likeness (QED) is 0.789. The Balaban J connectivity index is 1.58. The molecular formula is C18H17N3O2S. The summed E-state index contributed by atoms with van der Waals surface area (Å²) in [6.45, 7) is 0.608. The molecule has 24 heavy (non-hydrogen) atoms. The van der Waals surface area contributed by atoms with Gasteiger partial charge in [0.15, 0.2) is 0 Å². The predicted molar refractivity (Wildman–Crippen MR) is 94.6 cm³/mol. The van der Waals surface area contributed by atoms with Crippen molar-refractivity contribution in [3.05, 3.63) is 53.8 Å². The average molecular weight is 339 g/mol. The number of H-pyrrole nitrogens is 1. The summed E-state index contributed by atoms with van der Waals surface area (Å²) < 4.78 is 5.38. The Morgan fingerprint density at radius 2 is 2.17 bits per heavy atom. The van der Waals surface area contributed by atoms with Crippen LogP contribution < -0.4 is 9.64 Å². The number of imidazole rings is 1. The zero-order valence-electron chi connectivity index (χ0n) is 13.2. The molecule has 0 spiro atoms. The first-order valence-electron chi connectivity index (χ1n) is 7.78. The van der Waals surface area contributed by atoms with E-state index < -0.39 is 0 Å². The van der Waals surface area contributed by atoms with Crippen molar-refractivity contribution in [1.82, 2.24) is 9.97 Å². The van der Waals surface area contributed by atoms with Gasteiger partial charge >= 0.3 is 0 Å². The molecule has 1 amide bonds. The van der Waals surface area contributed by atoms with E-state index in [4.69, 9.17) is 4.74 Å². The summed E-state index contributed by atoms with van der Waals surface area (Å²) in [5.41, 5.74) is 1.82. The normalized spacial score (nSPS) is 17.5. The molecule has 1 atom stereocenters. The van der Waals surface area contributed by atoms with Crippen LogP contribution in [0.2, 0.25) is 0 Å². The number of nitrogens with zero attached hydrogens (tertiary/aromatic N) is 2. The highest BCUT2D eigenvalue weighted by Gasteiger charge is 2.34. The Hall–Kier alpha value is -2.60. The summed E-state index contributed by atoms with van der Waals surface area (Å²) in [6, 6.07) is 11.7. The maximum atomic E-state index is 12.5. The van der Waals surface area contributed by atoms with E-state index in [0.29, 0.717) is 18.7 Å². The number of methoxy groups -OCH3 is 1. The van der Waals surface area contributed by atoms with Gasteiger partial charge in [0.2, 0.25) is 5.91 Å². The summed E-state index contributed by atoms with van der Waals surface area (Å²) in [7, 11) is 1.62. The third kappa shape index (κ3) is 2.59. The van der Waals surface area contributed by atoms with Crippen LogP contribution in [-0.4, -0.2) is 29.5 Å². The molecule has 0 unspecified atom stereocenters. The molecule has 1 aliphatic rings. The summed E-state index contributed by atoms with van der Waals surface area (Å²) in [6.07, 6.45) is 2.30. The van der Waals surface area contributed by atoms with Crippen LogP contribution in [0.5, 0.6) is 5.75 Å². The number of rotatable bonds is 4. The highest BCUT2D eigenvalue weighted by atomic mass is 32.1. The minimum absolute atomic E-state index is 0.0659. The Morgan fingerprint density at radius 3 is 2.96 bits per heavy atom. The number of para-hydroxylation sites is 2. The number of anilines is 1. The highest BCUT2D eigenvalue weighted by Crippen LogP contribution is 2.36. The van der Waals surface area contributed by atoms with E-state index in [-0.39, 0.29) is 11.8 Å². The number of carbonyl (C=O) groups excluding carboxylic acids is 1. The fraction of sp³-hybridized carbons (Fsp3) is 0.222. The van der Waals surface area contributed by atoms with Crippen molar-refractivity contribution in [3.8, 4) is 16.3 Å². The van der Waals surface area contributed by atoms with E-state index in [9.17, 15) is 4.79 Å². The van der Waals surface area contributed by atoms with Gasteiger partial charge in [0.1, 0.15) is 11.6 Å². The Bertz CT molecular complexity index is 857. The van der Waals surface area contributed by atoms with Crippen LogP contribution in [0.25, 0.3) is 10.6 Å². The molecule has 1 aromatic carbocycles. The van der Waals surface area contributed by atoms with Gasteiger partial charge in [0.25, 0.3) is 0 Å². The predicted octanol–water partition coefficient (Wildman–Crippen LogP) is 3.67. The topological polar surface area (TPSA) is 58.2 Å². The molecule has 4 rings (SSSR count). The van der Waals surface area contributed by atoms with Gasteiger partial charge in [0.05, 0.1) is 29.6 Å². The Kier molecular flexibility index (Phi) is 3.82. The van der Waals surface area contributed by atoms with Crippen molar-refractivity contribution in [2.75, 3.05) is 18.6 Å². The zero-order chi connectivity index (χ0) is 16.5. The molecule has 3 heterocycles. The van der Waals surface area contributed by atoms with Gasteiger partial charge in [-0.05, 0) is 23.6 Å². The molecular weight excluding hydrogens is 322 g/mol. The third-order valence-corrected chi connectivity index (χ3v) is 5.17. The van der Waals surface area contributed by atoms with Crippen molar-refractivity contribution in [2.24, 2.45) is 0 Å². The van der Waals surface area contributed by atoms with Crippen LogP contribution in [0.1, 0.15) is 18.2 Å². The van der Waals surface area contributed by atoms with E-state index >= 15 is 0 Å². The molecule has 0 aliphatic carbocycles. The number of thiophene rings is 1. The van der Waals surface area contributed by atoms with E-state index in [2.05, 4.69) is 16.0 Å². The fourth-order valence-electron chi connectivity index (χ4n) is 3.08. The van der Waals surface area contributed by atoms with E-state index in [1.165, 1.54) is 0 Å². The summed E-state index contributed by atoms with van der Waals surface area (Å²) in [5, 5.41) is 2.04. The monoisotopic (exact) mass is 339 g/mol. The number of aromatic nitrogens is 2. The second-order valence-corrected chi connectivity index (χ2v) is 6.68. The first-order chi connectivity index (χ1) is 11.8. The second-order valence-electron chi connectivity index (χ2n) is 5.74. The molecule has 2 aromatic heterocycles. The molecule has 0 radical (unpaired) electrons. The summed E-state index contributed by atoms with van der Waals surface area (Å²) in [5.74, 6) is 1.74. The minimum Gasteiger partial charge on any atom is -0.495 e. The molecule has 0 saturated carbocycles. The van der Waals surface area contributed by atoms with E-state index in [1.807, 2.05) is 41.9 Å². The lowest BCUT2D eigenvalue weighted by atomic mass is 10.1. The maximum absolute atomic E-state index is 12.5. The first kappa shape index (κ1) is 15.0. The number of ether oxygens (including phenoxy) is 1. The lowest BCUT2D eigenvalue weighted by Crippen LogP contribution is -2.24. The molecule has 3 aromatic rings. The van der Waals surface area contributed by atoms with Crippen molar-refractivity contribution in [2.45, 2.75) is 12.3 Å². The maximum Gasteiger partial charge on any atom is 0.227 e. The fourth-order valence-corrected chi connectivity index (χ4v) is 3.77. The van der Waals surface area contributed by atoms with Crippen LogP contribution in [0.4, 0.5) is 5.69 Å². The van der Waals surface area contributed by atoms with E-state index in [1.54, 1.807) is 23.3 Å². The van der Waals surface area contributed by atoms with Gasteiger partial charge in [-0.1, -0.05) is 18.2 Å². The number of benzene rings is 1. The minimum atomic E-state index is 0.0659. The number of hydrogen-bond acceptors (Lipinski definition) is 4. The van der Waals surface area contributed by atoms with Crippen LogP contribution in [-0.2, 0) is 4.79 Å². The van der Waals surface area contributed by atoms with Crippen LogP contribution >= 0.6 is 11.3 Å². The van der Waals surface area contributed by atoms with Crippen LogP contribution in [0.15, 0.2) is 48.0 Å². The van der Waals surface area contributed by atoms with Crippen molar-refractivity contribution in [3.63, 3.8) is 0 Å². The van der Waals surface area contributed by atoms with Gasteiger partial charge < -0.3 is 14.6 Å². The molecule has 1 fully saturated rings.